The van der Waals surface area contributed by atoms with E-state index in [-0.39, 0.29) is 11.5 Å². The average Bonchev–Trinajstić information content (AvgIpc) is 2.33. The van der Waals surface area contributed by atoms with Gasteiger partial charge in [-0.05, 0) is 12.8 Å². The minimum atomic E-state index is -0.900. The minimum Gasteiger partial charge on any atom is -0.480 e. The van der Waals surface area contributed by atoms with Crippen LogP contribution in [0.3, 0.4) is 0 Å². The van der Waals surface area contributed by atoms with Crippen molar-refractivity contribution < 1.29 is 9.90 Å². The Balaban J connectivity index is 2.38. The first-order valence-corrected chi connectivity index (χ1v) is 6.44. The van der Waals surface area contributed by atoms with E-state index in [2.05, 4.69) is 9.97 Å². The fourth-order valence-electron chi connectivity index (χ4n) is 2.43. The van der Waals surface area contributed by atoms with Crippen LogP contribution in [-0.2, 0) is 4.79 Å². The lowest BCUT2D eigenvalue weighted by Gasteiger charge is -2.32. The van der Waals surface area contributed by atoms with Crippen molar-refractivity contribution >= 4 is 17.5 Å². The van der Waals surface area contributed by atoms with E-state index in [1.54, 1.807) is 4.90 Å². The van der Waals surface area contributed by atoms with E-state index in [9.17, 15) is 14.7 Å². The summed E-state index contributed by atoms with van der Waals surface area (Å²) in [6, 6.07) is -0.670. The zero-order valence-corrected chi connectivity index (χ0v) is 10.6. The number of nitrogen functional groups attached to an aromatic ring is 1. The zero-order chi connectivity index (χ0) is 13.8. The van der Waals surface area contributed by atoms with Crippen molar-refractivity contribution in [3.8, 4) is 0 Å². The number of anilines is 2. The Hall–Kier alpha value is -2.05. The van der Waals surface area contributed by atoms with E-state index in [4.69, 9.17) is 5.73 Å². The summed E-state index contributed by atoms with van der Waals surface area (Å²) in [5.74, 6) is -0.624. The molecule has 1 fully saturated rings. The standard InChI is InChI=1S/C12H18N4O3/c13-9-10(14-7-15-11(9)17)16-6-4-2-1-3-5-8(16)12(18)19/h7-8H,1-6,13H2,(H,18,19)(H,14,15,17). The van der Waals surface area contributed by atoms with E-state index in [0.29, 0.717) is 13.0 Å². The zero-order valence-electron chi connectivity index (χ0n) is 10.6. The molecule has 19 heavy (non-hydrogen) atoms. The Labute approximate surface area is 110 Å². The van der Waals surface area contributed by atoms with E-state index in [1.807, 2.05) is 0 Å². The van der Waals surface area contributed by atoms with Gasteiger partial charge < -0.3 is 20.7 Å². The maximum Gasteiger partial charge on any atom is 0.326 e. The number of nitrogens with zero attached hydrogens (tertiary/aromatic N) is 2. The highest BCUT2D eigenvalue weighted by Gasteiger charge is 2.29. The van der Waals surface area contributed by atoms with Gasteiger partial charge in [-0.2, -0.15) is 0 Å². The largest absolute Gasteiger partial charge is 0.480 e. The molecule has 0 saturated carbocycles. The van der Waals surface area contributed by atoms with Gasteiger partial charge in [0.1, 0.15) is 11.7 Å². The molecule has 0 amide bonds. The Morgan fingerprint density at radius 2 is 2.16 bits per heavy atom. The molecule has 0 radical (unpaired) electrons. The van der Waals surface area contributed by atoms with Crippen LogP contribution in [0.2, 0.25) is 0 Å². The smallest absolute Gasteiger partial charge is 0.326 e. The molecule has 4 N–H and O–H groups in total. The fourth-order valence-corrected chi connectivity index (χ4v) is 2.43. The third-order valence-corrected chi connectivity index (χ3v) is 3.43. The summed E-state index contributed by atoms with van der Waals surface area (Å²) in [4.78, 5) is 31.0. The number of H-pyrrole nitrogens is 1. The molecule has 0 bridgehead atoms. The number of hydrogen-bond acceptors (Lipinski definition) is 5. The van der Waals surface area contributed by atoms with Crippen LogP contribution >= 0.6 is 0 Å². The molecule has 1 saturated heterocycles. The number of aliphatic carboxylic acids is 1. The van der Waals surface area contributed by atoms with Crippen LogP contribution in [0.5, 0.6) is 0 Å². The lowest BCUT2D eigenvalue weighted by molar-refractivity contribution is -0.138. The second kappa shape index (κ2) is 5.73. The molecule has 7 heteroatoms. The SMILES string of the molecule is Nc1c(N2CCCCCCC2C(=O)O)nc[nH]c1=O. The molecule has 2 heterocycles. The Morgan fingerprint density at radius 3 is 2.89 bits per heavy atom. The quantitative estimate of drug-likeness (QED) is 0.721. The highest BCUT2D eigenvalue weighted by atomic mass is 16.4. The number of carboxylic acid groups (broad SMARTS) is 1. The molecule has 1 aromatic rings. The molecule has 1 unspecified atom stereocenters. The Bertz CT molecular complexity index is 514. The van der Waals surface area contributed by atoms with Crippen molar-refractivity contribution in [3.63, 3.8) is 0 Å². The monoisotopic (exact) mass is 266 g/mol. The molecule has 0 spiro atoms. The van der Waals surface area contributed by atoms with Gasteiger partial charge in [-0.25, -0.2) is 9.78 Å². The third-order valence-electron chi connectivity index (χ3n) is 3.43. The fraction of sp³-hybridized carbons (Fsp3) is 0.583. The molecular weight excluding hydrogens is 248 g/mol. The highest BCUT2D eigenvalue weighted by molar-refractivity contribution is 5.79. The molecular formula is C12H18N4O3. The summed E-state index contributed by atoms with van der Waals surface area (Å²) in [5, 5.41) is 9.35. The van der Waals surface area contributed by atoms with Gasteiger partial charge in [0, 0.05) is 6.54 Å². The van der Waals surface area contributed by atoms with Crippen LogP contribution in [0, 0.1) is 0 Å². The Kier molecular flexibility index (Phi) is 4.03. The topological polar surface area (TPSA) is 112 Å². The molecule has 0 aliphatic carbocycles. The lowest BCUT2D eigenvalue weighted by Crippen LogP contribution is -2.44. The number of aromatic nitrogens is 2. The first-order chi connectivity index (χ1) is 9.11. The summed E-state index contributed by atoms with van der Waals surface area (Å²) >= 11 is 0. The highest BCUT2D eigenvalue weighted by Crippen LogP contribution is 2.24. The van der Waals surface area contributed by atoms with Gasteiger partial charge in [0.05, 0.1) is 6.33 Å². The van der Waals surface area contributed by atoms with Gasteiger partial charge in [-0.1, -0.05) is 19.3 Å². The number of aromatic amines is 1. The molecule has 2 rings (SSSR count). The number of carboxylic acids is 1. The minimum absolute atomic E-state index is 0.0191. The van der Waals surface area contributed by atoms with Crippen LogP contribution in [0.15, 0.2) is 11.1 Å². The molecule has 1 aliphatic rings. The summed E-state index contributed by atoms with van der Waals surface area (Å²) in [6.45, 7) is 0.553. The maximum absolute atomic E-state index is 11.5. The number of nitrogens with two attached hydrogens (primary N) is 1. The van der Waals surface area contributed by atoms with Crippen LogP contribution in [-0.4, -0.2) is 33.6 Å². The van der Waals surface area contributed by atoms with Crippen molar-refractivity contribution in [1.29, 1.82) is 0 Å². The van der Waals surface area contributed by atoms with Gasteiger partial charge in [-0.15, -0.1) is 0 Å². The van der Waals surface area contributed by atoms with Gasteiger partial charge in [-0.3, -0.25) is 4.79 Å². The van der Waals surface area contributed by atoms with E-state index >= 15 is 0 Å². The predicted octanol–water partition coefficient (Wildman–Crippen LogP) is 0.576. The van der Waals surface area contributed by atoms with Crippen LogP contribution < -0.4 is 16.2 Å². The summed E-state index contributed by atoms with van der Waals surface area (Å²) in [7, 11) is 0. The molecule has 1 atom stereocenters. The number of carbonyl (C=O) groups is 1. The average molecular weight is 266 g/mol. The first kappa shape index (κ1) is 13.4. The maximum atomic E-state index is 11.5. The number of nitrogens with one attached hydrogen (secondary N) is 1. The van der Waals surface area contributed by atoms with E-state index in [1.165, 1.54) is 6.33 Å². The van der Waals surface area contributed by atoms with Crippen molar-refractivity contribution in [1.82, 2.24) is 9.97 Å². The van der Waals surface area contributed by atoms with Gasteiger partial charge in [0.15, 0.2) is 5.82 Å². The van der Waals surface area contributed by atoms with Gasteiger partial charge in [0.2, 0.25) is 0 Å². The van der Waals surface area contributed by atoms with Crippen LogP contribution in [0.25, 0.3) is 0 Å². The third kappa shape index (κ3) is 2.86. The second-order valence-corrected chi connectivity index (χ2v) is 4.72. The second-order valence-electron chi connectivity index (χ2n) is 4.72. The van der Waals surface area contributed by atoms with Gasteiger partial charge >= 0.3 is 5.97 Å². The molecule has 1 aromatic heterocycles. The molecule has 0 aromatic carbocycles. The molecule has 7 nitrogen and oxygen atoms in total. The van der Waals surface area contributed by atoms with Gasteiger partial charge in [0.25, 0.3) is 5.56 Å². The number of hydrogen-bond donors (Lipinski definition) is 3. The van der Waals surface area contributed by atoms with E-state index < -0.39 is 17.6 Å². The van der Waals surface area contributed by atoms with Crippen molar-refractivity contribution in [3.05, 3.63) is 16.7 Å². The lowest BCUT2D eigenvalue weighted by atomic mass is 10.0. The molecule has 104 valence electrons. The van der Waals surface area contributed by atoms with Crippen molar-refractivity contribution in [2.45, 2.75) is 38.1 Å². The van der Waals surface area contributed by atoms with Crippen molar-refractivity contribution in [2.24, 2.45) is 0 Å². The van der Waals surface area contributed by atoms with Crippen LogP contribution in [0.1, 0.15) is 32.1 Å². The van der Waals surface area contributed by atoms with Crippen molar-refractivity contribution in [2.75, 3.05) is 17.2 Å². The summed E-state index contributed by atoms with van der Waals surface area (Å²) in [6.07, 6.45) is 5.62. The summed E-state index contributed by atoms with van der Waals surface area (Å²) < 4.78 is 0. The predicted molar refractivity (Wildman–Crippen MR) is 71.1 cm³/mol. The first-order valence-electron chi connectivity index (χ1n) is 6.44. The summed E-state index contributed by atoms with van der Waals surface area (Å²) in [5.41, 5.74) is 5.27. The molecule has 1 aliphatic heterocycles. The van der Waals surface area contributed by atoms with E-state index in [0.717, 1.165) is 25.7 Å². The Morgan fingerprint density at radius 1 is 1.42 bits per heavy atom. The number of rotatable bonds is 2. The normalized spacial score (nSPS) is 20.6. The van der Waals surface area contributed by atoms with Crippen LogP contribution in [0.4, 0.5) is 11.5 Å².